The standard InChI is InChI=1S/C19H23N3O2S/c1-12-9-10-25-17(12)11-20-19(24)21-13(2)14-5-7-16(8-6-14)22-18(23)15-3-4-15/h5-10,13,15H,3-4,11H2,1-2H3,(H,22,23)(H2,20,21,24)/t13-/m0/s1. The van der Waals surface area contributed by atoms with E-state index < -0.39 is 0 Å². The van der Waals surface area contributed by atoms with E-state index in [1.54, 1.807) is 11.3 Å². The van der Waals surface area contributed by atoms with Gasteiger partial charge in [0.1, 0.15) is 0 Å². The normalized spacial score (nSPS) is 14.6. The van der Waals surface area contributed by atoms with Crippen molar-refractivity contribution in [3.05, 3.63) is 51.7 Å². The highest BCUT2D eigenvalue weighted by atomic mass is 32.1. The molecule has 1 heterocycles. The third-order valence-electron chi connectivity index (χ3n) is 4.35. The summed E-state index contributed by atoms with van der Waals surface area (Å²) < 4.78 is 0. The molecule has 6 heteroatoms. The second-order valence-corrected chi connectivity index (χ2v) is 7.46. The Labute approximate surface area is 151 Å². The topological polar surface area (TPSA) is 70.2 Å². The van der Waals surface area contributed by atoms with Crippen molar-refractivity contribution in [3.8, 4) is 0 Å². The summed E-state index contributed by atoms with van der Waals surface area (Å²) in [6.07, 6.45) is 1.98. The van der Waals surface area contributed by atoms with Crippen molar-refractivity contribution in [3.63, 3.8) is 0 Å². The molecule has 1 atom stereocenters. The van der Waals surface area contributed by atoms with Gasteiger partial charge in [0.25, 0.3) is 0 Å². The van der Waals surface area contributed by atoms with Gasteiger partial charge in [-0.15, -0.1) is 11.3 Å². The molecule has 2 aromatic rings. The van der Waals surface area contributed by atoms with Gasteiger partial charge in [-0.1, -0.05) is 12.1 Å². The molecule has 0 aliphatic heterocycles. The van der Waals surface area contributed by atoms with Crippen molar-refractivity contribution in [1.29, 1.82) is 0 Å². The number of rotatable bonds is 6. The van der Waals surface area contributed by atoms with Crippen LogP contribution in [0.3, 0.4) is 0 Å². The molecule has 3 rings (SSSR count). The van der Waals surface area contributed by atoms with E-state index in [2.05, 4.69) is 16.0 Å². The first kappa shape index (κ1) is 17.5. The van der Waals surface area contributed by atoms with Crippen LogP contribution in [-0.2, 0) is 11.3 Å². The quantitative estimate of drug-likeness (QED) is 0.732. The molecule has 5 nitrogen and oxygen atoms in total. The Balaban J connectivity index is 1.48. The Morgan fingerprint density at radius 3 is 2.52 bits per heavy atom. The molecule has 0 unspecified atom stereocenters. The first-order chi connectivity index (χ1) is 12.0. The highest BCUT2D eigenvalue weighted by Crippen LogP contribution is 2.30. The molecular weight excluding hydrogens is 334 g/mol. The van der Waals surface area contributed by atoms with Gasteiger partial charge in [-0.2, -0.15) is 0 Å². The summed E-state index contributed by atoms with van der Waals surface area (Å²) >= 11 is 1.64. The average Bonchev–Trinajstić information content (AvgIpc) is 3.36. The van der Waals surface area contributed by atoms with Crippen LogP contribution >= 0.6 is 11.3 Å². The zero-order chi connectivity index (χ0) is 17.8. The monoisotopic (exact) mass is 357 g/mol. The Morgan fingerprint density at radius 2 is 1.92 bits per heavy atom. The third kappa shape index (κ3) is 4.82. The number of urea groups is 1. The Kier molecular flexibility index (Phi) is 5.38. The van der Waals surface area contributed by atoms with Gasteiger partial charge in [-0.25, -0.2) is 4.79 Å². The lowest BCUT2D eigenvalue weighted by Gasteiger charge is -2.15. The molecule has 1 fully saturated rings. The molecule has 0 bridgehead atoms. The number of aryl methyl sites for hydroxylation is 1. The molecule has 132 valence electrons. The number of carbonyl (C=O) groups excluding carboxylic acids is 2. The van der Waals surface area contributed by atoms with Crippen LogP contribution < -0.4 is 16.0 Å². The van der Waals surface area contributed by atoms with Gasteiger partial charge in [0.05, 0.1) is 12.6 Å². The van der Waals surface area contributed by atoms with E-state index in [0.29, 0.717) is 6.54 Å². The summed E-state index contributed by atoms with van der Waals surface area (Å²) in [6.45, 7) is 4.51. The van der Waals surface area contributed by atoms with Crippen molar-refractivity contribution in [2.75, 3.05) is 5.32 Å². The zero-order valence-corrected chi connectivity index (χ0v) is 15.3. The second-order valence-electron chi connectivity index (χ2n) is 6.46. The molecule has 1 aliphatic rings. The summed E-state index contributed by atoms with van der Waals surface area (Å²) in [6, 6.07) is 9.35. The maximum atomic E-state index is 12.1. The van der Waals surface area contributed by atoms with Gasteiger partial charge >= 0.3 is 6.03 Å². The van der Waals surface area contributed by atoms with Crippen molar-refractivity contribution in [1.82, 2.24) is 10.6 Å². The zero-order valence-electron chi connectivity index (χ0n) is 14.5. The van der Waals surface area contributed by atoms with Crippen LogP contribution in [0.4, 0.5) is 10.5 Å². The van der Waals surface area contributed by atoms with Crippen LogP contribution in [0.5, 0.6) is 0 Å². The van der Waals surface area contributed by atoms with Crippen molar-refractivity contribution >= 4 is 29.0 Å². The molecule has 0 radical (unpaired) electrons. The fourth-order valence-electron chi connectivity index (χ4n) is 2.52. The van der Waals surface area contributed by atoms with Gasteiger partial charge < -0.3 is 16.0 Å². The minimum absolute atomic E-state index is 0.0992. The van der Waals surface area contributed by atoms with E-state index in [1.807, 2.05) is 49.6 Å². The maximum Gasteiger partial charge on any atom is 0.315 e. The van der Waals surface area contributed by atoms with E-state index in [9.17, 15) is 9.59 Å². The number of amides is 3. The van der Waals surface area contributed by atoms with Gasteiger partial charge in [0.2, 0.25) is 5.91 Å². The van der Waals surface area contributed by atoms with Crippen LogP contribution in [0.15, 0.2) is 35.7 Å². The van der Waals surface area contributed by atoms with Gasteiger partial charge in [0, 0.05) is 16.5 Å². The number of hydrogen-bond donors (Lipinski definition) is 3. The second kappa shape index (κ2) is 7.70. The summed E-state index contributed by atoms with van der Waals surface area (Å²) in [5.74, 6) is 0.290. The van der Waals surface area contributed by atoms with Gasteiger partial charge in [-0.3, -0.25) is 4.79 Å². The summed E-state index contributed by atoms with van der Waals surface area (Å²) in [4.78, 5) is 25.0. The molecule has 0 saturated heterocycles. The Hall–Kier alpha value is -2.34. The first-order valence-corrected chi connectivity index (χ1v) is 9.39. The number of carbonyl (C=O) groups is 2. The largest absolute Gasteiger partial charge is 0.333 e. The van der Waals surface area contributed by atoms with Gasteiger partial charge in [-0.05, 0) is 61.4 Å². The predicted molar refractivity (Wildman–Crippen MR) is 101 cm³/mol. The van der Waals surface area contributed by atoms with Crippen molar-refractivity contribution < 1.29 is 9.59 Å². The summed E-state index contributed by atoms with van der Waals surface area (Å²) in [5, 5.41) is 10.8. The van der Waals surface area contributed by atoms with Crippen LogP contribution in [0, 0.1) is 12.8 Å². The molecule has 3 N–H and O–H groups in total. The minimum atomic E-state index is -0.189. The van der Waals surface area contributed by atoms with Crippen LogP contribution in [0.2, 0.25) is 0 Å². The van der Waals surface area contributed by atoms with Crippen molar-refractivity contribution in [2.45, 2.75) is 39.3 Å². The van der Waals surface area contributed by atoms with E-state index in [4.69, 9.17) is 0 Å². The Morgan fingerprint density at radius 1 is 1.20 bits per heavy atom. The van der Waals surface area contributed by atoms with Crippen LogP contribution in [0.25, 0.3) is 0 Å². The van der Waals surface area contributed by atoms with Crippen molar-refractivity contribution in [2.24, 2.45) is 5.92 Å². The maximum absolute atomic E-state index is 12.1. The molecule has 1 aliphatic carbocycles. The number of anilines is 1. The Bertz CT molecular complexity index is 750. The average molecular weight is 357 g/mol. The highest BCUT2D eigenvalue weighted by molar-refractivity contribution is 7.10. The lowest BCUT2D eigenvalue weighted by Crippen LogP contribution is -2.36. The molecule has 1 aromatic carbocycles. The molecule has 1 aromatic heterocycles. The third-order valence-corrected chi connectivity index (χ3v) is 5.37. The van der Waals surface area contributed by atoms with E-state index in [-0.39, 0.29) is 23.9 Å². The number of hydrogen-bond acceptors (Lipinski definition) is 3. The smallest absolute Gasteiger partial charge is 0.315 e. The van der Waals surface area contributed by atoms with E-state index >= 15 is 0 Å². The van der Waals surface area contributed by atoms with Crippen LogP contribution in [0.1, 0.15) is 41.8 Å². The first-order valence-electron chi connectivity index (χ1n) is 8.51. The number of nitrogens with one attached hydrogen (secondary N) is 3. The lowest BCUT2D eigenvalue weighted by atomic mass is 10.1. The molecule has 3 amide bonds. The fraction of sp³-hybridized carbons (Fsp3) is 0.368. The highest BCUT2D eigenvalue weighted by Gasteiger charge is 2.29. The molecular formula is C19H23N3O2S. The fourth-order valence-corrected chi connectivity index (χ4v) is 3.37. The van der Waals surface area contributed by atoms with E-state index in [1.165, 1.54) is 10.4 Å². The lowest BCUT2D eigenvalue weighted by molar-refractivity contribution is -0.117. The van der Waals surface area contributed by atoms with Crippen LogP contribution in [-0.4, -0.2) is 11.9 Å². The van der Waals surface area contributed by atoms with Gasteiger partial charge in [0.15, 0.2) is 0 Å². The minimum Gasteiger partial charge on any atom is -0.333 e. The molecule has 1 saturated carbocycles. The number of thiophene rings is 1. The molecule has 25 heavy (non-hydrogen) atoms. The molecule has 0 spiro atoms. The van der Waals surface area contributed by atoms with E-state index in [0.717, 1.165) is 24.1 Å². The summed E-state index contributed by atoms with van der Waals surface area (Å²) in [7, 11) is 0. The predicted octanol–water partition coefficient (Wildman–Crippen LogP) is 3.97. The summed E-state index contributed by atoms with van der Waals surface area (Å²) in [5.41, 5.74) is 2.99. The SMILES string of the molecule is Cc1ccsc1CNC(=O)N[C@@H](C)c1ccc(NC(=O)C2CC2)cc1. The number of benzene rings is 1.